The van der Waals surface area contributed by atoms with Gasteiger partial charge in [-0.2, -0.15) is 0 Å². The molecule has 3 rings (SSSR count). The van der Waals surface area contributed by atoms with E-state index in [1.54, 1.807) is 5.56 Å². The minimum absolute atomic E-state index is 0.733. The molecule has 1 unspecified atom stereocenters. The fraction of sp³-hybridized carbons (Fsp3) is 0.333. The molecule has 18 heavy (non-hydrogen) atoms. The molecule has 1 N–H and O–H groups in total. The lowest BCUT2D eigenvalue weighted by atomic mass is 9.77. The third-order valence-electron chi connectivity index (χ3n) is 3.53. The van der Waals surface area contributed by atoms with Gasteiger partial charge in [0.25, 0.3) is 0 Å². The van der Waals surface area contributed by atoms with Gasteiger partial charge in [0.05, 0.1) is 3.79 Å². The SMILES string of the molecule is Brc1ccc(CCNCC2Cc3ccccc32)s1. The maximum Gasteiger partial charge on any atom is 0.0701 e. The van der Waals surface area contributed by atoms with Crippen LogP contribution in [0.3, 0.4) is 0 Å². The van der Waals surface area contributed by atoms with Gasteiger partial charge in [0.2, 0.25) is 0 Å². The standard InChI is InChI=1S/C15H16BrNS/c16-15-6-5-13(18-15)7-8-17-10-12-9-11-3-1-2-4-14(11)12/h1-6,12,17H,7-10H2. The zero-order valence-corrected chi connectivity index (χ0v) is 12.6. The summed E-state index contributed by atoms with van der Waals surface area (Å²) in [6.45, 7) is 2.19. The van der Waals surface area contributed by atoms with Crippen molar-refractivity contribution >= 4 is 27.3 Å². The first-order chi connectivity index (χ1) is 8.83. The van der Waals surface area contributed by atoms with Crippen molar-refractivity contribution in [3.8, 4) is 0 Å². The third kappa shape index (κ3) is 2.68. The molecule has 0 saturated heterocycles. The Kier molecular flexibility index (Phi) is 3.83. The molecule has 1 aliphatic carbocycles. The largest absolute Gasteiger partial charge is 0.316 e. The van der Waals surface area contributed by atoms with Gasteiger partial charge in [0, 0.05) is 17.3 Å². The highest BCUT2D eigenvalue weighted by molar-refractivity contribution is 9.11. The lowest BCUT2D eigenvalue weighted by Gasteiger charge is -2.30. The summed E-state index contributed by atoms with van der Waals surface area (Å²) in [6.07, 6.45) is 2.37. The van der Waals surface area contributed by atoms with Crippen molar-refractivity contribution in [1.29, 1.82) is 0 Å². The summed E-state index contributed by atoms with van der Waals surface area (Å²) < 4.78 is 1.23. The lowest BCUT2D eigenvalue weighted by Crippen LogP contribution is -2.30. The number of hydrogen-bond acceptors (Lipinski definition) is 2. The van der Waals surface area contributed by atoms with Crippen molar-refractivity contribution in [2.24, 2.45) is 0 Å². The Morgan fingerprint density at radius 2 is 2.11 bits per heavy atom. The lowest BCUT2D eigenvalue weighted by molar-refractivity contribution is 0.538. The predicted octanol–water partition coefficient (Wildman–Crippen LogP) is 3.98. The minimum atomic E-state index is 0.733. The van der Waals surface area contributed by atoms with Gasteiger partial charge in [-0.3, -0.25) is 0 Å². The second-order valence-corrected chi connectivity index (χ2v) is 7.31. The van der Waals surface area contributed by atoms with Gasteiger partial charge >= 0.3 is 0 Å². The highest BCUT2D eigenvalue weighted by Gasteiger charge is 2.24. The van der Waals surface area contributed by atoms with E-state index in [2.05, 4.69) is 57.6 Å². The quantitative estimate of drug-likeness (QED) is 0.821. The maximum atomic E-state index is 3.58. The first-order valence-electron chi connectivity index (χ1n) is 6.35. The average Bonchev–Trinajstić information content (AvgIpc) is 2.75. The Balaban J connectivity index is 1.42. The summed E-state index contributed by atoms with van der Waals surface area (Å²) in [5.74, 6) is 0.733. The highest BCUT2D eigenvalue weighted by Crippen LogP contribution is 2.33. The smallest absolute Gasteiger partial charge is 0.0701 e. The molecular formula is C15H16BrNS. The van der Waals surface area contributed by atoms with E-state index in [0.717, 1.165) is 25.4 Å². The molecule has 1 heterocycles. The Bertz CT molecular complexity index is 535. The molecule has 0 amide bonds. The molecule has 0 spiro atoms. The second kappa shape index (κ2) is 5.55. The molecule has 94 valence electrons. The van der Waals surface area contributed by atoms with Crippen LogP contribution in [0.2, 0.25) is 0 Å². The van der Waals surface area contributed by atoms with Crippen LogP contribution in [0.15, 0.2) is 40.2 Å². The van der Waals surface area contributed by atoms with E-state index in [1.807, 2.05) is 11.3 Å². The molecule has 0 radical (unpaired) electrons. The summed E-state index contributed by atoms with van der Waals surface area (Å²) in [4.78, 5) is 1.45. The first-order valence-corrected chi connectivity index (χ1v) is 7.96. The van der Waals surface area contributed by atoms with E-state index in [1.165, 1.54) is 20.6 Å². The van der Waals surface area contributed by atoms with Crippen molar-refractivity contribution in [3.63, 3.8) is 0 Å². The van der Waals surface area contributed by atoms with Crippen molar-refractivity contribution in [2.45, 2.75) is 18.8 Å². The molecule has 1 aliphatic rings. The van der Waals surface area contributed by atoms with Gasteiger partial charge in [-0.05, 0) is 58.6 Å². The highest BCUT2D eigenvalue weighted by atomic mass is 79.9. The maximum absolute atomic E-state index is 3.58. The van der Waals surface area contributed by atoms with Crippen LogP contribution in [0, 0.1) is 0 Å². The summed E-state index contributed by atoms with van der Waals surface area (Å²) in [6, 6.07) is 13.1. The van der Waals surface area contributed by atoms with E-state index in [4.69, 9.17) is 0 Å². The molecule has 1 nitrogen and oxygen atoms in total. The minimum Gasteiger partial charge on any atom is -0.316 e. The average molecular weight is 322 g/mol. The van der Waals surface area contributed by atoms with E-state index >= 15 is 0 Å². The van der Waals surface area contributed by atoms with Crippen molar-refractivity contribution in [2.75, 3.05) is 13.1 Å². The van der Waals surface area contributed by atoms with Crippen molar-refractivity contribution in [1.82, 2.24) is 5.32 Å². The van der Waals surface area contributed by atoms with Crippen LogP contribution in [0.1, 0.15) is 21.9 Å². The van der Waals surface area contributed by atoms with Gasteiger partial charge in [0.1, 0.15) is 0 Å². The Labute approximate surface area is 120 Å². The Morgan fingerprint density at radius 1 is 1.22 bits per heavy atom. The first kappa shape index (κ1) is 12.4. The summed E-state index contributed by atoms with van der Waals surface area (Å²) in [5.41, 5.74) is 3.08. The van der Waals surface area contributed by atoms with Gasteiger partial charge in [-0.15, -0.1) is 11.3 Å². The van der Waals surface area contributed by atoms with Crippen molar-refractivity contribution < 1.29 is 0 Å². The number of fused-ring (bicyclic) bond motifs is 1. The number of rotatable bonds is 5. The molecule has 1 aromatic carbocycles. The normalized spacial score (nSPS) is 17.3. The summed E-state index contributed by atoms with van der Waals surface area (Å²) >= 11 is 5.33. The fourth-order valence-electron chi connectivity index (χ4n) is 2.52. The summed E-state index contributed by atoms with van der Waals surface area (Å²) in [5, 5.41) is 3.58. The van der Waals surface area contributed by atoms with E-state index < -0.39 is 0 Å². The molecule has 2 aromatic rings. The molecule has 0 fully saturated rings. The van der Waals surface area contributed by atoms with Gasteiger partial charge in [-0.25, -0.2) is 0 Å². The second-order valence-electron chi connectivity index (χ2n) is 4.76. The van der Waals surface area contributed by atoms with E-state index in [0.29, 0.717) is 0 Å². The van der Waals surface area contributed by atoms with Crippen LogP contribution in [0.25, 0.3) is 0 Å². The molecule has 0 saturated carbocycles. The number of benzene rings is 1. The van der Waals surface area contributed by atoms with E-state index in [-0.39, 0.29) is 0 Å². The zero-order valence-electron chi connectivity index (χ0n) is 10.2. The molecular weight excluding hydrogens is 306 g/mol. The topological polar surface area (TPSA) is 12.0 Å². The van der Waals surface area contributed by atoms with Gasteiger partial charge < -0.3 is 5.32 Å². The van der Waals surface area contributed by atoms with Crippen LogP contribution >= 0.6 is 27.3 Å². The number of hydrogen-bond donors (Lipinski definition) is 1. The predicted molar refractivity (Wildman–Crippen MR) is 81.5 cm³/mol. The third-order valence-corrected chi connectivity index (χ3v) is 5.21. The van der Waals surface area contributed by atoms with Gasteiger partial charge in [0.15, 0.2) is 0 Å². The van der Waals surface area contributed by atoms with Gasteiger partial charge in [-0.1, -0.05) is 24.3 Å². The monoisotopic (exact) mass is 321 g/mol. The van der Waals surface area contributed by atoms with Crippen molar-refractivity contribution in [3.05, 3.63) is 56.2 Å². The van der Waals surface area contributed by atoms with E-state index in [9.17, 15) is 0 Å². The number of halogens is 1. The number of thiophene rings is 1. The fourth-order valence-corrected chi connectivity index (χ4v) is 4.00. The Hall–Kier alpha value is -0.640. The van der Waals surface area contributed by atoms with Crippen LogP contribution < -0.4 is 5.32 Å². The summed E-state index contributed by atoms with van der Waals surface area (Å²) in [7, 11) is 0. The van der Waals surface area contributed by atoms with Crippen LogP contribution in [0.5, 0.6) is 0 Å². The Morgan fingerprint density at radius 3 is 2.89 bits per heavy atom. The number of nitrogens with one attached hydrogen (secondary N) is 1. The van der Waals surface area contributed by atoms with Crippen LogP contribution in [-0.4, -0.2) is 13.1 Å². The van der Waals surface area contributed by atoms with Crippen LogP contribution in [-0.2, 0) is 12.8 Å². The molecule has 1 aromatic heterocycles. The van der Waals surface area contributed by atoms with Crippen LogP contribution in [0.4, 0.5) is 0 Å². The molecule has 0 aliphatic heterocycles. The molecule has 3 heteroatoms. The molecule has 1 atom stereocenters. The molecule has 0 bridgehead atoms. The zero-order chi connectivity index (χ0) is 12.4.